The fraction of sp³-hybridized carbons (Fsp3) is 0.727. The Morgan fingerprint density at radius 2 is 1.26 bits per heavy atom. The molecule has 0 saturated heterocycles. The van der Waals surface area contributed by atoms with E-state index in [1.165, 1.54) is 0 Å². The summed E-state index contributed by atoms with van der Waals surface area (Å²) in [5, 5.41) is 0. The molecule has 0 saturated carbocycles. The van der Waals surface area contributed by atoms with Crippen molar-refractivity contribution >= 4 is 17.6 Å². The molecule has 0 fully saturated rings. The number of ether oxygens (including phenoxy) is 1. The molecule has 0 aromatic heterocycles. The molecule has 0 aliphatic heterocycles. The molecule has 0 heterocycles. The Hall–Kier alpha value is -1.13. The molecule has 0 aliphatic rings. The van der Waals surface area contributed by atoms with Crippen LogP contribution in [-0.4, -0.2) is 36.5 Å². The quantitative estimate of drug-likeness (QED) is 0.339. The predicted molar refractivity (Wildman–Crippen MR) is 60.7 cm³/mol. The van der Waals surface area contributed by atoms with E-state index < -0.39 is 55.8 Å². The predicted octanol–water partition coefficient (Wildman–Crippen LogP) is 4.92. The third kappa shape index (κ3) is 6.48. The number of hydrogen-bond donors (Lipinski definition) is 0. The van der Waals surface area contributed by atoms with Crippen molar-refractivity contribution in [2.45, 2.75) is 43.2 Å². The summed E-state index contributed by atoms with van der Waals surface area (Å²) in [4.78, 5) is 10.7. The average Bonchev–Trinajstić information content (AvgIpc) is 2.35. The molecule has 0 N–H and O–H groups in total. The van der Waals surface area contributed by atoms with Gasteiger partial charge in [-0.1, -0.05) is 11.6 Å². The number of esters is 1. The van der Waals surface area contributed by atoms with Crippen molar-refractivity contribution in [3.05, 3.63) is 11.6 Å². The molecular weight excluding hydrogens is 371 g/mol. The van der Waals surface area contributed by atoms with Gasteiger partial charge in [0, 0.05) is 24.5 Å². The molecule has 2 nitrogen and oxygen atoms in total. The smallest absolute Gasteiger partial charge is 0.453 e. The van der Waals surface area contributed by atoms with Crippen LogP contribution in [0.15, 0.2) is 11.6 Å². The van der Waals surface area contributed by atoms with E-state index in [0.29, 0.717) is 11.6 Å². The lowest BCUT2D eigenvalue weighted by atomic mass is 10.0. The van der Waals surface area contributed by atoms with E-state index in [1.807, 2.05) is 0 Å². The minimum absolute atomic E-state index is 0.585. The van der Waals surface area contributed by atoms with Crippen LogP contribution in [0.3, 0.4) is 0 Å². The van der Waals surface area contributed by atoms with Gasteiger partial charge in [-0.15, -0.1) is 0 Å². The van der Waals surface area contributed by atoms with Crippen LogP contribution in [0.5, 0.6) is 0 Å². The zero-order chi connectivity index (χ0) is 18.5. The molecule has 136 valence electrons. The highest BCUT2D eigenvalue weighted by Gasteiger charge is 2.61. The van der Waals surface area contributed by atoms with E-state index >= 15 is 0 Å². The van der Waals surface area contributed by atoms with Crippen LogP contribution in [0.1, 0.15) is 19.3 Å². The number of carbonyl (C=O) groups excluding carboxylic acids is 1. The Labute approximate surface area is 129 Å². The summed E-state index contributed by atoms with van der Waals surface area (Å²) >= 11 is 4.95. The normalized spacial score (nSPS) is 14.3. The molecular formula is C11H10ClF9O2. The average molecular weight is 381 g/mol. The summed E-state index contributed by atoms with van der Waals surface area (Å²) in [5.74, 6) is -16.8. The van der Waals surface area contributed by atoms with Crippen LogP contribution in [0, 0.1) is 0 Å². The van der Waals surface area contributed by atoms with Gasteiger partial charge in [0.1, 0.15) is 0 Å². The maximum Gasteiger partial charge on any atom is 0.453 e. The lowest BCUT2D eigenvalue weighted by Gasteiger charge is -2.28. The largest absolute Gasteiger partial charge is 0.462 e. The highest BCUT2D eigenvalue weighted by atomic mass is 35.5. The molecule has 0 aromatic carbocycles. The molecule has 0 radical (unpaired) electrons. The Bertz CT molecular complexity index is 432. The molecule has 0 aliphatic carbocycles. The molecule has 0 rings (SSSR count). The number of halogens is 10. The number of rotatable bonds is 8. The minimum atomic E-state index is -6.12. The van der Waals surface area contributed by atoms with Crippen LogP contribution in [0.2, 0.25) is 0 Å². The first-order chi connectivity index (χ1) is 10.2. The lowest BCUT2D eigenvalue weighted by molar-refractivity contribution is -0.294. The molecule has 0 unspecified atom stereocenters. The topological polar surface area (TPSA) is 26.3 Å². The SMILES string of the molecule is O=C(C=CCl)OCCC(F)(F)C(F)(F)CCC(F)(F)C(F)(F)F. The van der Waals surface area contributed by atoms with E-state index in [0.717, 1.165) is 0 Å². The highest BCUT2D eigenvalue weighted by Crippen LogP contribution is 2.45. The molecule has 0 spiro atoms. The van der Waals surface area contributed by atoms with E-state index in [2.05, 4.69) is 4.74 Å². The number of hydrogen-bond acceptors (Lipinski definition) is 2. The van der Waals surface area contributed by atoms with Crippen LogP contribution in [0.25, 0.3) is 0 Å². The zero-order valence-electron chi connectivity index (χ0n) is 11.1. The van der Waals surface area contributed by atoms with Crippen LogP contribution in [-0.2, 0) is 9.53 Å². The van der Waals surface area contributed by atoms with Gasteiger partial charge in [-0.2, -0.15) is 39.5 Å². The summed E-state index contributed by atoms with van der Waals surface area (Å²) in [6.07, 6.45) is -12.2. The Morgan fingerprint density at radius 1 is 0.826 bits per heavy atom. The molecule has 0 aromatic rings. The van der Waals surface area contributed by atoms with Gasteiger partial charge in [-0.3, -0.25) is 0 Å². The van der Waals surface area contributed by atoms with Gasteiger partial charge in [0.15, 0.2) is 0 Å². The van der Waals surface area contributed by atoms with Gasteiger partial charge in [-0.05, 0) is 0 Å². The highest BCUT2D eigenvalue weighted by molar-refractivity contribution is 6.26. The van der Waals surface area contributed by atoms with Gasteiger partial charge in [0.05, 0.1) is 13.0 Å². The number of alkyl halides is 9. The van der Waals surface area contributed by atoms with Gasteiger partial charge in [0.2, 0.25) is 0 Å². The fourth-order valence-corrected chi connectivity index (χ4v) is 1.30. The first kappa shape index (κ1) is 21.9. The Balaban J connectivity index is 4.68. The van der Waals surface area contributed by atoms with Gasteiger partial charge in [-0.25, -0.2) is 4.79 Å². The molecule has 0 amide bonds. The molecule has 12 heteroatoms. The van der Waals surface area contributed by atoms with Crippen molar-refractivity contribution in [1.29, 1.82) is 0 Å². The maximum atomic E-state index is 13.2. The molecule has 0 atom stereocenters. The Morgan fingerprint density at radius 3 is 1.70 bits per heavy atom. The van der Waals surface area contributed by atoms with Gasteiger partial charge >= 0.3 is 29.9 Å². The van der Waals surface area contributed by atoms with Crippen molar-refractivity contribution in [2.24, 2.45) is 0 Å². The first-order valence-electron chi connectivity index (χ1n) is 5.80. The van der Waals surface area contributed by atoms with E-state index in [4.69, 9.17) is 11.6 Å². The van der Waals surface area contributed by atoms with Crippen molar-refractivity contribution in [1.82, 2.24) is 0 Å². The standard InChI is InChI=1S/C11H10ClF9O2/c12-5-1-7(22)23-6-4-9(15,16)8(13,14)2-3-10(17,18)11(19,20)21/h1,5H,2-4,6H2. The zero-order valence-corrected chi connectivity index (χ0v) is 11.8. The van der Waals surface area contributed by atoms with E-state index in [9.17, 15) is 44.3 Å². The lowest BCUT2D eigenvalue weighted by Crippen LogP contribution is -2.44. The number of carbonyl (C=O) groups is 1. The van der Waals surface area contributed by atoms with Crippen molar-refractivity contribution in [2.75, 3.05) is 6.61 Å². The second-order valence-electron chi connectivity index (χ2n) is 4.32. The van der Waals surface area contributed by atoms with Crippen LogP contribution < -0.4 is 0 Å². The Kier molecular flexibility index (Phi) is 7.25. The van der Waals surface area contributed by atoms with Crippen molar-refractivity contribution < 1.29 is 49.0 Å². The summed E-state index contributed by atoms with van der Waals surface area (Å²) in [6, 6.07) is 0. The van der Waals surface area contributed by atoms with Gasteiger partial charge < -0.3 is 4.74 Å². The van der Waals surface area contributed by atoms with Gasteiger partial charge in [0.25, 0.3) is 0 Å². The fourth-order valence-electron chi connectivity index (χ4n) is 1.20. The summed E-state index contributed by atoms with van der Waals surface area (Å²) in [7, 11) is 0. The van der Waals surface area contributed by atoms with Crippen molar-refractivity contribution in [3.8, 4) is 0 Å². The van der Waals surface area contributed by atoms with Crippen LogP contribution in [0.4, 0.5) is 39.5 Å². The summed E-state index contributed by atoms with van der Waals surface area (Å²) in [5.41, 5.74) is 0.661. The molecule has 23 heavy (non-hydrogen) atoms. The summed E-state index contributed by atoms with van der Waals surface area (Å²) in [6.45, 7) is -1.21. The third-order valence-electron chi connectivity index (χ3n) is 2.56. The van der Waals surface area contributed by atoms with Crippen LogP contribution >= 0.6 is 11.6 Å². The second kappa shape index (κ2) is 7.63. The summed E-state index contributed by atoms with van der Waals surface area (Å²) < 4.78 is 117. The first-order valence-corrected chi connectivity index (χ1v) is 6.24. The monoisotopic (exact) mass is 380 g/mol. The minimum Gasteiger partial charge on any atom is -0.462 e. The third-order valence-corrected chi connectivity index (χ3v) is 2.69. The van der Waals surface area contributed by atoms with E-state index in [1.54, 1.807) is 0 Å². The van der Waals surface area contributed by atoms with E-state index in [-0.39, 0.29) is 0 Å². The molecule has 0 bridgehead atoms. The van der Waals surface area contributed by atoms with Crippen molar-refractivity contribution in [3.63, 3.8) is 0 Å². The second-order valence-corrected chi connectivity index (χ2v) is 4.57. The maximum absolute atomic E-state index is 13.2.